The Bertz CT molecular complexity index is 435. The van der Waals surface area contributed by atoms with E-state index in [2.05, 4.69) is 58.9 Å². The zero-order chi connectivity index (χ0) is 14.8. The SMILES string of the molecule is COC1(C)CCCN(C(c2ccc(Br)cc2)C(C)N)C1. The van der Waals surface area contributed by atoms with Gasteiger partial charge in [0.25, 0.3) is 0 Å². The van der Waals surface area contributed by atoms with Crippen LogP contribution < -0.4 is 5.73 Å². The lowest BCUT2D eigenvalue weighted by Crippen LogP contribution is -2.51. The van der Waals surface area contributed by atoms with Crippen LogP contribution in [0.25, 0.3) is 0 Å². The van der Waals surface area contributed by atoms with Crippen LogP contribution in [0, 0.1) is 0 Å². The molecule has 1 fully saturated rings. The number of piperidine rings is 1. The quantitative estimate of drug-likeness (QED) is 0.913. The minimum atomic E-state index is -0.0548. The lowest BCUT2D eigenvalue weighted by molar-refractivity contribution is -0.0637. The van der Waals surface area contributed by atoms with Crippen molar-refractivity contribution in [2.75, 3.05) is 20.2 Å². The number of hydrogen-bond acceptors (Lipinski definition) is 3. The molecule has 0 spiro atoms. The predicted molar refractivity (Wildman–Crippen MR) is 86.8 cm³/mol. The van der Waals surface area contributed by atoms with E-state index in [0.717, 1.165) is 30.4 Å². The fourth-order valence-electron chi connectivity index (χ4n) is 3.15. The molecule has 0 amide bonds. The molecule has 1 saturated heterocycles. The van der Waals surface area contributed by atoms with Gasteiger partial charge < -0.3 is 10.5 Å². The molecule has 3 unspecified atom stereocenters. The van der Waals surface area contributed by atoms with E-state index in [1.165, 1.54) is 5.56 Å². The molecule has 1 heterocycles. The lowest BCUT2D eigenvalue weighted by Gasteiger charge is -2.44. The van der Waals surface area contributed by atoms with Gasteiger partial charge >= 0.3 is 0 Å². The Balaban J connectivity index is 2.22. The van der Waals surface area contributed by atoms with Crippen LogP contribution in [0.5, 0.6) is 0 Å². The van der Waals surface area contributed by atoms with Gasteiger partial charge in [-0.1, -0.05) is 28.1 Å². The van der Waals surface area contributed by atoms with Crippen molar-refractivity contribution in [3.05, 3.63) is 34.3 Å². The summed E-state index contributed by atoms with van der Waals surface area (Å²) in [5.74, 6) is 0. The first-order valence-electron chi connectivity index (χ1n) is 7.25. The molecule has 0 saturated carbocycles. The van der Waals surface area contributed by atoms with Crippen molar-refractivity contribution in [3.8, 4) is 0 Å². The first-order chi connectivity index (χ1) is 9.45. The van der Waals surface area contributed by atoms with Gasteiger partial charge in [-0.3, -0.25) is 4.90 Å². The summed E-state index contributed by atoms with van der Waals surface area (Å²) in [5, 5.41) is 0. The first kappa shape index (κ1) is 16.0. The van der Waals surface area contributed by atoms with E-state index in [-0.39, 0.29) is 17.7 Å². The molecule has 0 radical (unpaired) electrons. The number of likely N-dealkylation sites (tertiary alicyclic amines) is 1. The third-order valence-corrected chi connectivity index (χ3v) is 4.81. The van der Waals surface area contributed by atoms with Crippen LogP contribution in [0.1, 0.15) is 38.3 Å². The average Bonchev–Trinajstić information content (AvgIpc) is 2.41. The highest BCUT2D eigenvalue weighted by Gasteiger charge is 2.35. The third-order valence-electron chi connectivity index (χ3n) is 4.28. The molecular weight excluding hydrogens is 316 g/mol. The maximum Gasteiger partial charge on any atom is 0.0777 e. The van der Waals surface area contributed by atoms with Crippen LogP contribution in [0.4, 0.5) is 0 Å². The van der Waals surface area contributed by atoms with Crippen LogP contribution in [0.2, 0.25) is 0 Å². The highest BCUT2D eigenvalue weighted by molar-refractivity contribution is 9.10. The van der Waals surface area contributed by atoms with Gasteiger partial charge in [-0.25, -0.2) is 0 Å². The Labute approximate surface area is 130 Å². The minimum absolute atomic E-state index is 0.0548. The van der Waals surface area contributed by atoms with Crippen molar-refractivity contribution in [1.29, 1.82) is 0 Å². The Morgan fingerprint density at radius 1 is 1.35 bits per heavy atom. The number of hydrogen-bond donors (Lipinski definition) is 1. The van der Waals surface area contributed by atoms with Gasteiger partial charge in [-0.05, 0) is 50.9 Å². The number of nitrogens with zero attached hydrogens (tertiary/aromatic N) is 1. The Morgan fingerprint density at radius 2 is 2.00 bits per heavy atom. The zero-order valence-corrected chi connectivity index (χ0v) is 14.2. The molecule has 0 bridgehead atoms. The second-order valence-corrected chi connectivity index (χ2v) is 7.00. The molecule has 1 aliphatic heterocycles. The zero-order valence-electron chi connectivity index (χ0n) is 12.6. The Morgan fingerprint density at radius 3 is 2.55 bits per heavy atom. The molecular formula is C16H25BrN2O. The van der Waals surface area contributed by atoms with Crippen molar-refractivity contribution in [1.82, 2.24) is 4.90 Å². The topological polar surface area (TPSA) is 38.5 Å². The summed E-state index contributed by atoms with van der Waals surface area (Å²) in [6, 6.07) is 8.84. The number of methoxy groups -OCH3 is 1. The summed E-state index contributed by atoms with van der Waals surface area (Å²) in [6.07, 6.45) is 2.27. The molecule has 0 aliphatic carbocycles. The van der Waals surface area contributed by atoms with E-state index >= 15 is 0 Å². The molecule has 2 rings (SSSR count). The molecule has 3 nitrogen and oxygen atoms in total. The normalized spacial score (nSPS) is 27.2. The monoisotopic (exact) mass is 340 g/mol. The van der Waals surface area contributed by atoms with E-state index in [9.17, 15) is 0 Å². The van der Waals surface area contributed by atoms with E-state index in [1.54, 1.807) is 0 Å². The highest BCUT2D eigenvalue weighted by atomic mass is 79.9. The number of halogens is 1. The third kappa shape index (κ3) is 3.61. The molecule has 112 valence electrons. The Kier molecular flexibility index (Phi) is 5.24. The smallest absolute Gasteiger partial charge is 0.0777 e. The summed E-state index contributed by atoms with van der Waals surface area (Å²) in [5.41, 5.74) is 7.50. The van der Waals surface area contributed by atoms with Crippen molar-refractivity contribution in [2.24, 2.45) is 5.73 Å². The van der Waals surface area contributed by atoms with Crippen LogP contribution in [-0.2, 0) is 4.74 Å². The van der Waals surface area contributed by atoms with E-state index in [0.29, 0.717) is 0 Å². The number of rotatable bonds is 4. The Hall–Kier alpha value is -0.420. The summed E-state index contributed by atoms with van der Waals surface area (Å²) in [7, 11) is 1.81. The first-order valence-corrected chi connectivity index (χ1v) is 8.05. The van der Waals surface area contributed by atoms with E-state index in [4.69, 9.17) is 10.5 Å². The summed E-state index contributed by atoms with van der Waals surface area (Å²) in [4.78, 5) is 2.47. The average molecular weight is 341 g/mol. The van der Waals surface area contributed by atoms with E-state index < -0.39 is 0 Å². The summed E-state index contributed by atoms with van der Waals surface area (Å²) < 4.78 is 6.81. The van der Waals surface area contributed by atoms with Crippen molar-refractivity contribution in [2.45, 2.75) is 44.4 Å². The minimum Gasteiger partial charge on any atom is -0.377 e. The number of ether oxygens (including phenoxy) is 1. The highest BCUT2D eigenvalue weighted by Crippen LogP contribution is 2.32. The van der Waals surface area contributed by atoms with Gasteiger partial charge in [0.05, 0.1) is 5.60 Å². The molecule has 2 N–H and O–H groups in total. The summed E-state index contributed by atoms with van der Waals surface area (Å²) >= 11 is 3.49. The van der Waals surface area contributed by atoms with E-state index in [1.807, 2.05) is 7.11 Å². The maximum absolute atomic E-state index is 6.27. The standard InChI is InChI=1S/C16H25BrN2O/c1-12(18)15(13-5-7-14(17)8-6-13)19-10-4-9-16(2,11-19)20-3/h5-8,12,15H,4,9-11,18H2,1-3H3. The van der Waals surface area contributed by atoms with Gasteiger partial charge in [0.15, 0.2) is 0 Å². The molecule has 1 aliphatic rings. The van der Waals surface area contributed by atoms with Crippen LogP contribution in [-0.4, -0.2) is 36.7 Å². The summed E-state index contributed by atoms with van der Waals surface area (Å²) in [6.45, 7) is 6.30. The number of nitrogens with two attached hydrogens (primary N) is 1. The number of benzene rings is 1. The van der Waals surface area contributed by atoms with Gasteiger partial charge in [0.1, 0.15) is 0 Å². The maximum atomic E-state index is 6.27. The van der Waals surface area contributed by atoms with Crippen molar-refractivity contribution < 1.29 is 4.74 Å². The molecule has 1 aromatic rings. The van der Waals surface area contributed by atoms with Crippen molar-refractivity contribution in [3.63, 3.8) is 0 Å². The van der Waals surface area contributed by atoms with Gasteiger partial charge in [0.2, 0.25) is 0 Å². The predicted octanol–water partition coefficient (Wildman–Crippen LogP) is 3.34. The fraction of sp³-hybridized carbons (Fsp3) is 0.625. The molecule has 20 heavy (non-hydrogen) atoms. The molecule has 1 aromatic carbocycles. The second-order valence-electron chi connectivity index (χ2n) is 6.08. The van der Waals surface area contributed by atoms with Gasteiger partial charge in [-0.2, -0.15) is 0 Å². The fourth-order valence-corrected chi connectivity index (χ4v) is 3.42. The largest absolute Gasteiger partial charge is 0.377 e. The molecule has 0 aromatic heterocycles. The lowest BCUT2D eigenvalue weighted by atomic mass is 9.90. The van der Waals surface area contributed by atoms with Crippen LogP contribution >= 0.6 is 15.9 Å². The second kappa shape index (κ2) is 6.56. The van der Waals surface area contributed by atoms with Gasteiger partial charge in [0, 0.05) is 30.2 Å². The van der Waals surface area contributed by atoms with Crippen molar-refractivity contribution >= 4 is 15.9 Å². The van der Waals surface area contributed by atoms with Crippen LogP contribution in [0.3, 0.4) is 0 Å². The van der Waals surface area contributed by atoms with Gasteiger partial charge in [-0.15, -0.1) is 0 Å². The van der Waals surface area contributed by atoms with Crippen LogP contribution in [0.15, 0.2) is 28.7 Å². The molecule has 3 atom stereocenters. The molecule has 4 heteroatoms.